The highest BCUT2D eigenvalue weighted by Gasteiger charge is 2.20. The van der Waals surface area contributed by atoms with E-state index in [0.29, 0.717) is 6.04 Å². The molecule has 1 aromatic heterocycles. The molecule has 1 aliphatic rings. The predicted octanol–water partition coefficient (Wildman–Crippen LogP) is 3.01. The van der Waals surface area contributed by atoms with Gasteiger partial charge in [-0.05, 0) is 39.4 Å². The van der Waals surface area contributed by atoms with Gasteiger partial charge in [-0.1, -0.05) is 20.8 Å². The molecule has 0 saturated carbocycles. The lowest BCUT2D eigenvalue weighted by Crippen LogP contribution is -2.32. The van der Waals surface area contributed by atoms with Crippen LogP contribution in [0.5, 0.6) is 0 Å². The van der Waals surface area contributed by atoms with Gasteiger partial charge in [0.2, 0.25) is 0 Å². The smallest absolute Gasteiger partial charge is 0.0982 e. The van der Waals surface area contributed by atoms with Gasteiger partial charge >= 0.3 is 0 Å². The molecular weight excluding hydrogens is 254 g/mol. The molecule has 0 radical (unpaired) electrons. The zero-order valence-electron chi connectivity index (χ0n) is 12.7. The molecule has 1 saturated heterocycles. The standard InChI is InChI=1S/C15H27N3S/c1-15(2,3)14-17-12(11-19-14)10-18(4)13-6-5-8-16-9-7-13/h11,13,16H,5-10H2,1-4H3. The monoisotopic (exact) mass is 281 g/mol. The second-order valence-electron chi connectivity index (χ2n) is 6.64. The zero-order valence-corrected chi connectivity index (χ0v) is 13.5. The van der Waals surface area contributed by atoms with Crippen LogP contribution in [-0.2, 0) is 12.0 Å². The average molecular weight is 281 g/mol. The van der Waals surface area contributed by atoms with Gasteiger partial charge in [-0.3, -0.25) is 4.90 Å². The maximum Gasteiger partial charge on any atom is 0.0982 e. The van der Waals surface area contributed by atoms with Crippen LogP contribution >= 0.6 is 11.3 Å². The Hall–Kier alpha value is -0.450. The van der Waals surface area contributed by atoms with Crippen LogP contribution < -0.4 is 5.32 Å². The first-order valence-electron chi connectivity index (χ1n) is 7.32. The molecule has 2 rings (SSSR count). The molecule has 0 amide bonds. The minimum atomic E-state index is 0.174. The van der Waals surface area contributed by atoms with Crippen molar-refractivity contribution < 1.29 is 0 Å². The highest BCUT2D eigenvalue weighted by molar-refractivity contribution is 7.09. The summed E-state index contributed by atoms with van der Waals surface area (Å²) in [5.41, 5.74) is 1.41. The predicted molar refractivity (Wildman–Crippen MR) is 82.8 cm³/mol. The van der Waals surface area contributed by atoms with Crippen LogP contribution in [0.1, 0.15) is 50.7 Å². The minimum absolute atomic E-state index is 0.174. The lowest BCUT2D eigenvalue weighted by molar-refractivity contribution is 0.214. The van der Waals surface area contributed by atoms with E-state index in [1.165, 1.54) is 36.5 Å². The Morgan fingerprint density at radius 1 is 1.37 bits per heavy atom. The van der Waals surface area contributed by atoms with Gasteiger partial charge in [0.05, 0.1) is 10.7 Å². The van der Waals surface area contributed by atoms with E-state index in [1.54, 1.807) is 11.3 Å². The van der Waals surface area contributed by atoms with E-state index < -0.39 is 0 Å². The lowest BCUT2D eigenvalue weighted by atomic mass is 9.98. The van der Waals surface area contributed by atoms with E-state index in [9.17, 15) is 0 Å². The summed E-state index contributed by atoms with van der Waals surface area (Å²) in [5.74, 6) is 0. The molecule has 1 N–H and O–H groups in total. The van der Waals surface area contributed by atoms with Gasteiger partial charge < -0.3 is 5.32 Å². The molecule has 1 fully saturated rings. The third-order valence-corrected chi connectivity index (χ3v) is 5.09. The highest BCUT2D eigenvalue weighted by Crippen LogP contribution is 2.26. The number of thiazole rings is 1. The van der Waals surface area contributed by atoms with Gasteiger partial charge in [-0.2, -0.15) is 0 Å². The number of nitrogens with zero attached hydrogens (tertiary/aromatic N) is 2. The van der Waals surface area contributed by atoms with Gasteiger partial charge in [0.1, 0.15) is 0 Å². The first-order valence-corrected chi connectivity index (χ1v) is 8.20. The van der Waals surface area contributed by atoms with Crippen LogP contribution in [0.3, 0.4) is 0 Å². The summed E-state index contributed by atoms with van der Waals surface area (Å²) in [5, 5.41) is 6.96. The molecule has 1 unspecified atom stereocenters. The summed E-state index contributed by atoms with van der Waals surface area (Å²) in [7, 11) is 2.24. The topological polar surface area (TPSA) is 28.2 Å². The van der Waals surface area contributed by atoms with Crippen molar-refractivity contribution in [1.29, 1.82) is 0 Å². The van der Waals surface area contributed by atoms with Gasteiger partial charge in [0, 0.05) is 23.4 Å². The number of hydrogen-bond acceptors (Lipinski definition) is 4. The average Bonchev–Trinajstić information content (AvgIpc) is 2.63. The largest absolute Gasteiger partial charge is 0.317 e. The van der Waals surface area contributed by atoms with Crippen molar-refractivity contribution in [2.24, 2.45) is 0 Å². The summed E-state index contributed by atoms with van der Waals surface area (Å²) < 4.78 is 0. The Bertz CT molecular complexity index is 386. The molecule has 1 aliphatic heterocycles. The molecular formula is C15H27N3S. The van der Waals surface area contributed by atoms with Gasteiger partial charge in [0.15, 0.2) is 0 Å². The van der Waals surface area contributed by atoms with Crippen molar-refractivity contribution in [2.75, 3.05) is 20.1 Å². The first-order chi connectivity index (χ1) is 8.97. The molecule has 2 heterocycles. The van der Waals surface area contributed by atoms with Crippen molar-refractivity contribution in [2.45, 2.75) is 58.0 Å². The Morgan fingerprint density at radius 3 is 2.84 bits per heavy atom. The molecule has 4 heteroatoms. The summed E-state index contributed by atoms with van der Waals surface area (Å²) in [6.45, 7) is 10.0. The van der Waals surface area contributed by atoms with Gasteiger partial charge in [0.25, 0.3) is 0 Å². The van der Waals surface area contributed by atoms with E-state index in [1.807, 2.05) is 0 Å². The molecule has 0 aromatic carbocycles. The fraction of sp³-hybridized carbons (Fsp3) is 0.800. The van der Waals surface area contributed by atoms with Crippen LogP contribution in [0.2, 0.25) is 0 Å². The van der Waals surface area contributed by atoms with E-state index >= 15 is 0 Å². The molecule has 19 heavy (non-hydrogen) atoms. The maximum atomic E-state index is 4.80. The Labute approximate surface area is 121 Å². The molecule has 108 valence electrons. The van der Waals surface area contributed by atoms with Crippen LogP contribution in [0.15, 0.2) is 5.38 Å². The minimum Gasteiger partial charge on any atom is -0.317 e. The number of nitrogens with one attached hydrogen (secondary N) is 1. The van der Waals surface area contributed by atoms with Crippen molar-refractivity contribution in [3.8, 4) is 0 Å². The summed E-state index contributed by atoms with van der Waals surface area (Å²) in [4.78, 5) is 7.28. The quantitative estimate of drug-likeness (QED) is 0.923. The third-order valence-electron chi connectivity index (χ3n) is 3.77. The molecule has 0 spiro atoms. The van der Waals surface area contributed by atoms with Crippen molar-refractivity contribution in [3.63, 3.8) is 0 Å². The van der Waals surface area contributed by atoms with Gasteiger partial charge in [-0.25, -0.2) is 4.98 Å². The summed E-state index contributed by atoms with van der Waals surface area (Å²) >= 11 is 1.80. The van der Waals surface area contributed by atoms with E-state index in [-0.39, 0.29) is 5.41 Å². The van der Waals surface area contributed by atoms with Crippen LogP contribution in [0.25, 0.3) is 0 Å². The first kappa shape index (κ1) is 14.9. The van der Waals surface area contributed by atoms with Gasteiger partial charge in [-0.15, -0.1) is 11.3 Å². The third kappa shape index (κ3) is 4.26. The number of aromatic nitrogens is 1. The van der Waals surface area contributed by atoms with E-state index in [0.717, 1.165) is 13.1 Å². The molecule has 0 aliphatic carbocycles. The zero-order chi connectivity index (χ0) is 13.9. The van der Waals surface area contributed by atoms with Crippen molar-refractivity contribution in [1.82, 2.24) is 15.2 Å². The second kappa shape index (κ2) is 6.33. The van der Waals surface area contributed by atoms with Crippen LogP contribution in [0.4, 0.5) is 0 Å². The SMILES string of the molecule is CN(Cc1csc(C(C)(C)C)n1)C1CCCNCC1. The number of rotatable bonds is 3. The highest BCUT2D eigenvalue weighted by atomic mass is 32.1. The van der Waals surface area contributed by atoms with Crippen LogP contribution in [-0.4, -0.2) is 36.1 Å². The summed E-state index contributed by atoms with van der Waals surface area (Å²) in [6, 6.07) is 0.704. The number of hydrogen-bond donors (Lipinski definition) is 1. The lowest BCUT2D eigenvalue weighted by Gasteiger charge is -2.26. The Morgan fingerprint density at radius 2 is 2.16 bits per heavy atom. The molecule has 1 atom stereocenters. The molecule has 1 aromatic rings. The maximum absolute atomic E-state index is 4.80. The van der Waals surface area contributed by atoms with Crippen molar-refractivity contribution >= 4 is 11.3 Å². The molecule has 0 bridgehead atoms. The molecule has 3 nitrogen and oxygen atoms in total. The summed E-state index contributed by atoms with van der Waals surface area (Å²) in [6.07, 6.45) is 3.85. The van der Waals surface area contributed by atoms with Crippen molar-refractivity contribution in [3.05, 3.63) is 16.1 Å². The fourth-order valence-electron chi connectivity index (χ4n) is 2.55. The Balaban J connectivity index is 1.94. The van der Waals surface area contributed by atoms with E-state index in [4.69, 9.17) is 4.98 Å². The Kier molecular flexibility index (Phi) is 4.98. The van der Waals surface area contributed by atoms with E-state index in [2.05, 4.69) is 43.4 Å². The normalized spacial score (nSPS) is 21.6. The van der Waals surface area contributed by atoms with Crippen LogP contribution in [0, 0.1) is 0 Å². The fourth-order valence-corrected chi connectivity index (χ4v) is 3.45. The second-order valence-corrected chi connectivity index (χ2v) is 7.50.